The molecule has 4 fully saturated rings. The van der Waals surface area contributed by atoms with Gasteiger partial charge in [-0.2, -0.15) is 0 Å². The van der Waals surface area contributed by atoms with Crippen LogP contribution in [0.4, 0.5) is 11.4 Å². The summed E-state index contributed by atoms with van der Waals surface area (Å²) in [5.74, 6) is 1.77. The van der Waals surface area contributed by atoms with Crippen LogP contribution >= 0.6 is 0 Å². The van der Waals surface area contributed by atoms with Gasteiger partial charge in [0.25, 0.3) is 0 Å². The zero-order chi connectivity index (χ0) is 22.6. The summed E-state index contributed by atoms with van der Waals surface area (Å²) < 4.78 is 0. The van der Waals surface area contributed by atoms with Gasteiger partial charge in [-0.1, -0.05) is 36.4 Å². The van der Waals surface area contributed by atoms with Crippen LogP contribution in [0.1, 0.15) is 38.5 Å². The number of hydrogen-bond donors (Lipinski definition) is 2. The van der Waals surface area contributed by atoms with Crippen molar-refractivity contribution in [1.82, 2.24) is 9.97 Å². The van der Waals surface area contributed by atoms with Crippen molar-refractivity contribution in [3.05, 3.63) is 73.1 Å². The van der Waals surface area contributed by atoms with Gasteiger partial charge in [-0.3, -0.25) is 9.97 Å². The monoisotopic (exact) mass is 448 g/mol. The number of nitrogens with one attached hydrogen (secondary N) is 2. The van der Waals surface area contributed by atoms with Crippen LogP contribution in [0.15, 0.2) is 73.1 Å². The van der Waals surface area contributed by atoms with Crippen LogP contribution in [0.25, 0.3) is 21.8 Å². The SMILES string of the molecule is c1ccc2c(NCC34CC5CC(C3)CC(CNc3ccnc6ccccc36)(C5)C4)ccnc2c1. The molecule has 34 heavy (non-hydrogen) atoms. The Bertz CT molecular complexity index is 1240. The molecule has 0 atom stereocenters. The average molecular weight is 449 g/mol. The number of fused-ring (bicyclic) bond motifs is 2. The number of benzene rings is 2. The molecule has 172 valence electrons. The van der Waals surface area contributed by atoms with Crippen molar-refractivity contribution in [3.8, 4) is 0 Å². The minimum Gasteiger partial charge on any atom is -0.384 e. The topological polar surface area (TPSA) is 49.8 Å². The zero-order valence-corrected chi connectivity index (χ0v) is 19.6. The van der Waals surface area contributed by atoms with E-state index in [4.69, 9.17) is 0 Å². The van der Waals surface area contributed by atoms with Crippen molar-refractivity contribution in [3.63, 3.8) is 0 Å². The summed E-state index contributed by atoms with van der Waals surface area (Å²) >= 11 is 0. The number of pyridine rings is 2. The lowest BCUT2D eigenvalue weighted by Gasteiger charge is -2.62. The van der Waals surface area contributed by atoms with E-state index in [1.807, 2.05) is 12.4 Å². The molecule has 0 spiro atoms. The lowest BCUT2D eigenvalue weighted by molar-refractivity contribution is -0.0970. The number of hydrogen-bond acceptors (Lipinski definition) is 4. The molecule has 4 nitrogen and oxygen atoms in total. The second-order valence-electron chi connectivity index (χ2n) is 11.4. The number of anilines is 2. The number of aromatic nitrogens is 2. The molecule has 0 aliphatic heterocycles. The van der Waals surface area contributed by atoms with Gasteiger partial charge in [0, 0.05) is 47.6 Å². The molecule has 0 radical (unpaired) electrons. The minimum absolute atomic E-state index is 0.413. The molecule has 4 heteroatoms. The normalized spacial score (nSPS) is 29.5. The molecule has 8 rings (SSSR count). The fourth-order valence-electron chi connectivity index (χ4n) is 8.13. The molecule has 4 aliphatic carbocycles. The predicted octanol–water partition coefficient (Wildman–Crippen LogP) is 6.89. The van der Waals surface area contributed by atoms with Gasteiger partial charge in [0.1, 0.15) is 0 Å². The fraction of sp³-hybridized carbons (Fsp3) is 0.400. The van der Waals surface area contributed by atoms with E-state index in [1.54, 1.807) is 0 Å². The van der Waals surface area contributed by atoms with E-state index >= 15 is 0 Å². The van der Waals surface area contributed by atoms with Crippen molar-refractivity contribution >= 4 is 33.2 Å². The number of nitrogens with zero attached hydrogens (tertiary/aromatic N) is 2. The van der Waals surface area contributed by atoms with Crippen molar-refractivity contribution < 1.29 is 0 Å². The summed E-state index contributed by atoms with van der Waals surface area (Å²) in [6.45, 7) is 2.15. The van der Waals surface area contributed by atoms with Crippen molar-refractivity contribution in [1.29, 1.82) is 0 Å². The van der Waals surface area contributed by atoms with Gasteiger partial charge in [0.15, 0.2) is 0 Å². The quantitative estimate of drug-likeness (QED) is 0.337. The van der Waals surface area contributed by atoms with E-state index in [0.29, 0.717) is 10.8 Å². The van der Waals surface area contributed by atoms with Crippen molar-refractivity contribution in [2.45, 2.75) is 38.5 Å². The van der Waals surface area contributed by atoms with Crippen LogP contribution in [0.2, 0.25) is 0 Å². The number of rotatable bonds is 6. The van der Waals surface area contributed by atoms with Crippen molar-refractivity contribution in [2.75, 3.05) is 23.7 Å². The van der Waals surface area contributed by atoms with Gasteiger partial charge in [-0.05, 0) is 85.5 Å². The number of para-hydroxylation sites is 2. The molecule has 2 aromatic carbocycles. The first kappa shape index (κ1) is 20.3. The predicted molar refractivity (Wildman–Crippen MR) is 140 cm³/mol. The molecule has 2 aromatic heterocycles. The average Bonchev–Trinajstić information content (AvgIpc) is 2.85. The van der Waals surface area contributed by atoms with E-state index in [1.165, 1.54) is 60.7 Å². The molecule has 2 N–H and O–H groups in total. The lowest BCUT2D eigenvalue weighted by Crippen LogP contribution is -2.56. The molecular weight excluding hydrogens is 416 g/mol. The van der Waals surface area contributed by atoms with Crippen molar-refractivity contribution in [2.24, 2.45) is 22.7 Å². The van der Waals surface area contributed by atoms with Crippen LogP contribution < -0.4 is 10.6 Å². The second-order valence-corrected chi connectivity index (χ2v) is 11.4. The molecule has 0 saturated heterocycles. The summed E-state index contributed by atoms with van der Waals surface area (Å²) in [6, 6.07) is 21.3. The molecule has 4 saturated carbocycles. The lowest BCUT2D eigenvalue weighted by atomic mass is 9.44. The molecule has 4 aliphatic rings. The van der Waals surface area contributed by atoms with Crippen LogP contribution in [0.3, 0.4) is 0 Å². The Hall–Kier alpha value is -3.14. The van der Waals surface area contributed by atoms with Gasteiger partial charge in [-0.25, -0.2) is 0 Å². The Balaban J connectivity index is 1.13. The van der Waals surface area contributed by atoms with Crippen LogP contribution in [-0.2, 0) is 0 Å². The van der Waals surface area contributed by atoms with Gasteiger partial charge in [0.05, 0.1) is 11.0 Å². The standard InChI is InChI=1S/C30H32N4/c1-3-7-25-23(5-1)27(9-11-31-25)33-19-29-14-21-13-22(15-29)17-30(16-21,18-29)20-34-28-10-12-32-26-8-4-2-6-24(26)28/h1-12,21-22H,13-20H2,(H,31,33)(H,32,34). The maximum atomic E-state index is 4.55. The third-order valence-electron chi connectivity index (χ3n) is 8.91. The molecule has 0 unspecified atom stereocenters. The molecular formula is C30H32N4. The molecule has 0 amide bonds. The summed E-state index contributed by atoms with van der Waals surface area (Å²) in [5, 5.41) is 10.2. The maximum Gasteiger partial charge on any atom is 0.0722 e. The van der Waals surface area contributed by atoms with E-state index in [-0.39, 0.29) is 0 Å². The van der Waals surface area contributed by atoms with E-state index in [9.17, 15) is 0 Å². The Labute approximate surface area is 201 Å². The second kappa shape index (κ2) is 7.69. The third-order valence-corrected chi connectivity index (χ3v) is 8.91. The summed E-state index contributed by atoms with van der Waals surface area (Å²) in [4.78, 5) is 9.10. The third kappa shape index (κ3) is 3.43. The summed E-state index contributed by atoms with van der Waals surface area (Å²) in [7, 11) is 0. The van der Waals surface area contributed by atoms with E-state index in [2.05, 4.69) is 81.3 Å². The molecule has 4 bridgehead atoms. The fourth-order valence-corrected chi connectivity index (χ4v) is 8.13. The van der Waals surface area contributed by atoms with Crippen LogP contribution in [0.5, 0.6) is 0 Å². The van der Waals surface area contributed by atoms with Crippen LogP contribution in [0, 0.1) is 22.7 Å². The van der Waals surface area contributed by atoms with E-state index < -0.39 is 0 Å². The largest absolute Gasteiger partial charge is 0.384 e. The summed E-state index contributed by atoms with van der Waals surface area (Å²) in [6.07, 6.45) is 12.2. The molecule has 4 aromatic rings. The highest BCUT2D eigenvalue weighted by molar-refractivity contribution is 5.91. The minimum atomic E-state index is 0.413. The molecule has 2 heterocycles. The highest BCUT2D eigenvalue weighted by Crippen LogP contribution is 2.65. The van der Waals surface area contributed by atoms with E-state index in [0.717, 1.165) is 36.0 Å². The first-order valence-electron chi connectivity index (χ1n) is 12.8. The first-order chi connectivity index (χ1) is 16.7. The maximum absolute atomic E-state index is 4.55. The smallest absolute Gasteiger partial charge is 0.0722 e. The Morgan fingerprint density at radius 3 is 1.62 bits per heavy atom. The van der Waals surface area contributed by atoms with Gasteiger partial charge < -0.3 is 10.6 Å². The van der Waals surface area contributed by atoms with Crippen LogP contribution in [-0.4, -0.2) is 23.1 Å². The zero-order valence-electron chi connectivity index (χ0n) is 19.6. The van der Waals surface area contributed by atoms with Gasteiger partial charge in [0.2, 0.25) is 0 Å². The highest BCUT2D eigenvalue weighted by atomic mass is 14.9. The van der Waals surface area contributed by atoms with Gasteiger partial charge >= 0.3 is 0 Å². The Morgan fingerprint density at radius 1 is 0.647 bits per heavy atom. The first-order valence-corrected chi connectivity index (χ1v) is 12.8. The Morgan fingerprint density at radius 2 is 1.12 bits per heavy atom. The summed E-state index contributed by atoms with van der Waals surface area (Å²) in [5.41, 5.74) is 5.44. The highest BCUT2D eigenvalue weighted by Gasteiger charge is 2.57. The van der Waals surface area contributed by atoms with Gasteiger partial charge in [-0.15, -0.1) is 0 Å². The Kier molecular flexibility index (Phi) is 4.58.